The van der Waals surface area contributed by atoms with E-state index in [1.165, 1.54) is 21.3 Å². The van der Waals surface area contributed by atoms with E-state index in [0.29, 0.717) is 17.1 Å². The van der Waals surface area contributed by atoms with Crippen LogP contribution in [0.3, 0.4) is 0 Å². The second kappa shape index (κ2) is 7.49. The van der Waals surface area contributed by atoms with Crippen LogP contribution in [0.4, 0.5) is 0 Å². The zero-order chi connectivity index (χ0) is 16.0. The Morgan fingerprint density at radius 2 is 1.71 bits per heavy atom. The van der Waals surface area contributed by atoms with Crippen LogP contribution in [-0.2, 0) is 9.53 Å². The molecule has 0 aromatic heterocycles. The Labute approximate surface area is 122 Å². The second-order valence-electron chi connectivity index (χ2n) is 4.28. The molecule has 0 saturated carbocycles. The van der Waals surface area contributed by atoms with Gasteiger partial charge in [0.05, 0.1) is 20.8 Å². The number of ether oxygens (including phenoxy) is 3. The second-order valence-corrected chi connectivity index (χ2v) is 4.28. The van der Waals surface area contributed by atoms with Gasteiger partial charge in [-0.25, -0.2) is 4.79 Å². The average molecular weight is 297 g/mol. The average Bonchev–Trinajstić information content (AvgIpc) is 2.47. The first-order valence-electron chi connectivity index (χ1n) is 6.21. The molecule has 1 aromatic rings. The van der Waals surface area contributed by atoms with Crippen LogP contribution in [0.5, 0.6) is 11.5 Å². The van der Waals surface area contributed by atoms with Gasteiger partial charge in [-0.3, -0.25) is 4.79 Å². The van der Waals surface area contributed by atoms with E-state index in [0.717, 1.165) is 5.56 Å². The molecule has 21 heavy (non-hydrogen) atoms. The van der Waals surface area contributed by atoms with Crippen LogP contribution in [0.1, 0.15) is 15.9 Å². The molecule has 1 rings (SSSR count). The summed E-state index contributed by atoms with van der Waals surface area (Å²) in [7, 11) is 4.26. The van der Waals surface area contributed by atoms with Gasteiger partial charge in [-0.15, -0.1) is 0 Å². The van der Waals surface area contributed by atoms with Crippen molar-refractivity contribution in [1.82, 2.24) is 5.32 Å². The summed E-state index contributed by atoms with van der Waals surface area (Å²) in [5.41, 5.74) is 1.09. The molecule has 1 unspecified atom stereocenters. The number of carbonyl (C=O) groups is 2. The Bertz CT molecular complexity index is 503. The molecule has 0 radical (unpaired) electrons. The van der Waals surface area contributed by atoms with Crippen molar-refractivity contribution >= 4 is 11.9 Å². The molecule has 116 valence electrons. The van der Waals surface area contributed by atoms with Crippen molar-refractivity contribution in [3.05, 3.63) is 23.3 Å². The lowest BCUT2D eigenvalue weighted by Gasteiger charge is -2.14. The van der Waals surface area contributed by atoms with Crippen molar-refractivity contribution in [3.8, 4) is 11.5 Å². The highest BCUT2D eigenvalue weighted by Gasteiger charge is 2.19. The Hall–Kier alpha value is -2.28. The number of rotatable bonds is 7. The third-order valence-corrected chi connectivity index (χ3v) is 3.02. The van der Waals surface area contributed by atoms with Gasteiger partial charge in [0.2, 0.25) is 0 Å². The lowest BCUT2D eigenvalue weighted by Crippen LogP contribution is -2.37. The summed E-state index contributed by atoms with van der Waals surface area (Å²) in [5.74, 6) is -0.547. The molecule has 0 fully saturated rings. The quantitative estimate of drug-likeness (QED) is 0.774. The maximum Gasteiger partial charge on any atom is 0.334 e. The SMILES string of the molecule is COc1cc(C(=O)NCC(OC)C(=O)O)cc(OC)c1C. The van der Waals surface area contributed by atoms with Crippen LogP contribution >= 0.6 is 0 Å². The molecule has 7 nitrogen and oxygen atoms in total. The predicted octanol–water partition coefficient (Wildman–Crippen LogP) is 0.842. The molecule has 7 heteroatoms. The van der Waals surface area contributed by atoms with Gasteiger partial charge in [-0.2, -0.15) is 0 Å². The van der Waals surface area contributed by atoms with E-state index in [1.54, 1.807) is 12.1 Å². The van der Waals surface area contributed by atoms with Crippen molar-refractivity contribution in [3.63, 3.8) is 0 Å². The van der Waals surface area contributed by atoms with Crippen LogP contribution in [-0.4, -0.2) is 51.0 Å². The number of carbonyl (C=O) groups excluding carboxylic acids is 1. The monoisotopic (exact) mass is 297 g/mol. The lowest BCUT2D eigenvalue weighted by atomic mass is 10.1. The molecule has 2 N–H and O–H groups in total. The molecule has 0 saturated heterocycles. The number of benzene rings is 1. The molecule has 0 aliphatic heterocycles. The molecule has 1 amide bonds. The topological polar surface area (TPSA) is 94.1 Å². The van der Waals surface area contributed by atoms with Gasteiger partial charge in [0.1, 0.15) is 11.5 Å². The standard InChI is InChI=1S/C14H19NO6/c1-8-10(19-2)5-9(6-11(8)20-3)13(16)15-7-12(21-4)14(17)18/h5-6,12H,7H2,1-4H3,(H,15,16)(H,17,18). The molecule has 0 aliphatic carbocycles. The molecule has 0 spiro atoms. The number of carboxylic acids is 1. The number of methoxy groups -OCH3 is 3. The van der Waals surface area contributed by atoms with E-state index in [-0.39, 0.29) is 6.54 Å². The summed E-state index contributed by atoms with van der Waals surface area (Å²) < 4.78 is 15.1. The van der Waals surface area contributed by atoms with Crippen molar-refractivity contribution in [2.45, 2.75) is 13.0 Å². The largest absolute Gasteiger partial charge is 0.496 e. The van der Waals surface area contributed by atoms with Gasteiger partial charge in [0.15, 0.2) is 6.10 Å². The number of carboxylic acid groups (broad SMARTS) is 1. The molecule has 0 aliphatic rings. The number of amides is 1. The first kappa shape index (κ1) is 16.8. The van der Waals surface area contributed by atoms with Gasteiger partial charge in [-0.05, 0) is 19.1 Å². The Morgan fingerprint density at radius 1 is 1.19 bits per heavy atom. The highest BCUT2D eigenvalue weighted by Crippen LogP contribution is 2.29. The van der Waals surface area contributed by atoms with Crippen LogP contribution in [0.15, 0.2) is 12.1 Å². The summed E-state index contributed by atoms with van der Waals surface area (Å²) in [5, 5.41) is 11.3. The Morgan fingerprint density at radius 3 is 2.10 bits per heavy atom. The lowest BCUT2D eigenvalue weighted by molar-refractivity contribution is -0.148. The smallest absolute Gasteiger partial charge is 0.334 e. The van der Waals surface area contributed by atoms with Gasteiger partial charge in [0.25, 0.3) is 5.91 Å². The van der Waals surface area contributed by atoms with E-state index < -0.39 is 18.0 Å². The third kappa shape index (κ3) is 4.09. The van der Waals surface area contributed by atoms with Gasteiger partial charge in [0, 0.05) is 18.2 Å². The summed E-state index contributed by atoms with van der Waals surface area (Å²) in [6, 6.07) is 3.13. The first-order valence-corrected chi connectivity index (χ1v) is 6.21. The fourth-order valence-corrected chi connectivity index (χ4v) is 1.78. The van der Waals surface area contributed by atoms with Crippen molar-refractivity contribution in [2.24, 2.45) is 0 Å². The predicted molar refractivity (Wildman–Crippen MR) is 75.0 cm³/mol. The maximum atomic E-state index is 12.1. The summed E-state index contributed by atoms with van der Waals surface area (Å²) >= 11 is 0. The van der Waals surface area contributed by atoms with Crippen LogP contribution in [0.2, 0.25) is 0 Å². The van der Waals surface area contributed by atoms with E-state index in [2.05, 4.69) is 5.32 Å². The van der Waals surface area contributed by atoms with Gasteiger partial charge >= 0.3 is 5.97 Å². The number of nitrogens with one attached hydrogen (secondary N) is 1. The summed E-state index contributed by atoms with van der Waals surface area (Å²) in [6.45, 7) is 1.67. The van der Waals surface area contributed by atoms with Crippen molar-refractivity contribution < 1.29 is 28.9 Å². The Kier molecular flexibility index (Phi) is 5.98. The van der Waals surface area contributed by atoms with E-state index >= 15 is 0 Å². The highest BCUT2D eigenvalue weighted by atomic mass is 16.5. The minimum Gasteiger partial charge on any atom is -0.496 e. The fourth-order valence-electron chi connectivity index (χ4n) is 1.78. The summed E-state index contributed by atoms with van der Waals surface area (Å²) in [4.78, 5) is 22.9. The van der Waals surface area contributed by atoms with Crippen LogP contribution in [0, 0.1) is 6.92 Å². The minimum absolute atomic E-state index is 0.136. The number of hydrogen-bond donors (Lipinski definition) is 2. The highest BCUT2D eigenvalue weighted by molar-refractivity contribution is 5.95. The zero-order valence-corrected chi connectivity index (χ0v) is 12.4. The molecular formula is C14H19NO6. The van der Waals surface area contributed by atoms with Crippen molar-refractivity contribution in [1.29, 1.82) is 0 Å². The zero-order valence-electron chi connectivity index (χ0n) is 12.4. The molecular weight excluding hydrogens is 278 g/mol. The van der Waals surface area contributed by atoms with E-state index in [1.807, 2.05) is 6.92 Å². The van der Waals surface area contributed by atoms with Crippen LogP contribution in [0.25, 0.3) is 0 Å². The molecule has 0 bridgehead atoms. The van der Waals surface area contributed by atoms with Crippen LogP contribution < -0.4 is 14.8 Å². The van der Waals surface area contributed by atoms with E-state index in [9.17, 15) is 9.59 Å². The maximum absolute atomic E-state index is 12.1. The minimum atomic E-state index is -1.14. The third-order valence-electron chi connectivity index (χ3n) is 3.02. The van der Waals surface area contributed by atoms with Gasteiger partial charge < -0.3 is 24.6 Å². The summed E-state index contributed by atoms with van der Waals surface area (Å²) in [6.07, 6.45) is -1.09. The van der Waals surface area contributed by atoms with Gasteiger partial charge in [-0.1, -0.05) is 0 Å². The molecule has 1 atom stereocenters. The molecule has 1 aromatic carbocycles. The van der Waals surface area contributed by atoms with Crippen molar-refractivity contribution in [2.75, 3.05) is 27.9 Å². The first-order chi connectivity index (χ1) is 9.94. The number of hydrogen-bond acceptors (Lipinski definition) is 5. The van der Waals surface area contributed by atoms with E-state index in [4.69, 9.17) is 19.3 Å². The normalized spacial score (nSPS) is 11.6. The Balaban J connectivity index is 2.90. The fraction of sp³-hybridized carbons (Fsp3) is 0.429. The number of aliphatic carboxylic acids is 1. The molecule has 0 heterocycles.